The van der Waals surface area contributed by atoms with E-state index in [1.807, 2.05) is 13.0 Å². The molecule has 2 rings (SSSR count). The molecule has 0 N–H and O–H groups in total. The molecule has 1 aromatic rings. The Balaban J connectivity index is 2.07. The summed E-state index contributed by atoms with van der Waals surface area (Å²) >= 11 is 3.83. The van der Waals surface area contributed by atoms with Gasteiger partial charge in [-0.3, -0.25) is 0 Å². The molecule has 0 spiro atoms. The van der Waals surface area contributed by atoms with Crippen LogP contribution in [0.25, 0.3) is 0 Å². The minimum absolute atomic E-state index is 0.123. The van der Waals surface area contributed by atoms with Gasteiger partial charge in [-0.1, -0.05) is 35.3 Å². The number of hydrogen-bond acceptors (Lipinski definition) is 0. The summed E-state index contributed by atoms with van der Waals surface area (Å²) in [4.78, 5) is 0.629. The maximum absolute atomic E-state index is 13.1. The molecule has 0 amide bonds. The molecule has 1 aromatic carbocycles. The summed E-state index contributed by atoms with van der Waals surface area (Å²) in [6, 6.07) is 5.20. The van der Waals surface area contributed by atoms with Crippen molar-refractivity contribution >= 4 is 15.9 Å². The Morgan fingerprint density at radius 1 is 1.33 bits per heavy atom. The Morgan fingerprint density at radius 2 is 2.11 bits per heavy atom. The van der Waals surface area contributed by atoms with Crippen LogP contribution in [-0.4, -0.2) is 4.83 Å². The van der Waals surface area contributed by atoms with Gasteiger partial charge in [-0.15, -0.1) is 0 Å². The summed E-state index contributed by atoms with van der Waals surface area (Å²) in [6.07, 6.45) is 6.31. The van der Waals surface area contributed by atoms with Gasteiger partial charge in [0.15, 0.2) is 0 Å². The second-order valence-electron chi connectivity index (χ2n) is 5.64. The zero-order chi connectivity index (χ0) is 13.1. The van der Waals surface area contributed by atoms with Gasteiger partial charge in [0.05, 0.1) is 0 Å². The molecule has 2 heteroatoms. The zero-order valence-corrected chi connectivity index (χ0v) is 12.8. The normalized spacial score (nSPS) is 28.3. The highest BCUT2D eigenvalue weighted by Crippen LogP contribution is 2.37. The highest BCUT2D eigenvalue weighted by Gasteiger charge is 2.28. The van der Waals surface area contributed by atoms with Gasteiger partial charge in [-0.25, -0.2) is 4.39 Å². The lowest BCUT2D eigenvalue weighted by Gasteiger charge is -2.33. The molecule has 0 aliphatic heterocycles. The summed E-state index contributed by atoms with van der Waals surface area (Å²) < 4.78 is 13.1. The molecule has 0 saturated heterocycles. The number of rotatable bonds is 3. The summed E-state index contributed by atoms with van der Waals surface area (Å²) in [7, 11) is 0. The predicted octanol–water partition coefficient (Wildman–Crippen LogP) is 5.27. The van der Waals surface area contributed by atoms with Crippen LogP contribution in [0.1, 0.15) is 43.7 Å². The van der Waals surface area contributed by atoms with Crippen molar-refractivity contribution in [3.05, 3.63) is 35.1 Å². The van der Waals surface area contributed by atoms with Crippen molar-refractivity contribution in [2.24, 2.45) is 11.8 Å². The minimum atomic E-state index is -0.123. The smallest absolute Gasteiger partial charge is 0.123 e. The third-order valence-electron chi connectivity index (χ3n) is 4.36. The van der Waals surface area contributed by atoms with Gasteiger partial charge in [-0.2, -0.15) is 0 Å². The molecule has 0 aromatic heterocycles. The largest absolute Gasteiger partial charge is 0.207 e. The molecule has 100 valence electrons. The van der Waals surface area contributed by atoms with E-state index < -0.39 is 0 Å². The first-order valence-corrected chi connectivity index (χ1v) is 7.90. The monoisotopic (exact) mass is 312 g/mol. The van der Waals surface area contributed by atoms with Gasteiger partial charge < -0.3 is 0 Å². The topological polar surface area (TPSA) is 0 Å². The molecule has 0 heterocycles. The highest BCUT2D eigenvalue weighted by atomic mass is 79.9. The number of hydrogen-bond donors (Lipinski definition) is 0. The van der Waals surface area contributed by atoms with E-state index in [1.54, 1.807) is 12.1 Å². The fourth-order valence-electron chi connectivity index (χ4n) is 3.08. The number of aryl methyl sites for hydroxylation is 1. The van der Waals surface area contributed by atoms with Crippen molar-refractivity contribution in [2.75, 3.05) is 0 Å². The van der Waals surface area contributed by atoms with Crippen LogP contribution in [0.2, 0.25) is 0 Å². The second-order valence-corrected chi connectivity index (χ2v) is 6.81. The first-order valence-electron chi connectivity index (χ1n) is 6.99. The molecule has 18 heavy (non-hydrogen) atoms. The van der Waals surface area contributed by atoms with Crippen molar-refractivity contribution in [2.45, 2.75) is 50.8 Å². The molecule has 1 aliphatic rings. The lowest BCUT2D eigenvalue weighted by atomic mass is 9.77. The van der Waals surface area contributed by atoms with Gasteiger partial charge in [-0.05, 0) is 67.7 Å². The van der Waals surface area contributed by atoms with Crippen LogP contribution < -0.4 is 0 Å². The van der Waals surface area contributed by atoms with Crippen LogP contribution in [0, 0.1) is 24.6 Å². The van der Waals surface area contributed by atoms with E-state index in [2.05, 4.69) is 22.9 Å². The van der Waals surface area contributed by atoms with E-state index >= 15 is 0 Å². The van der Waals surface area contributed by atoms with Gasteiger partial charge in [0, 0.05) is 4.83 Å². The van der Waals surface area contributed by atoms with Crippen LogP contribution in [0.4, 0.5) is 4.39 Å². The van der Waals surface area contributed by atoms with Crippen molar-refractivity contribution in [3.63, 3.8) is 0 Å². The summed E-state index contributed by atoms with van der Waals surface area (Å²) in [5, 5.41) is 0. The summed E-state index contributed by atoms with van der Waals surface area (Å²) in [5.74, 6) is 1.46. The number of benzene rings is 1. The fourth-order valence-corrected chi connectivity index (χ4v) is 3.74. The Labute approximate surface area is 118 Å². The maximum Gasteiger partial charge on any atom is 0.123 e. The summed E-state index contributed by atoms with van der Waals surface area (Å²) in [5.41, 5.74) is 2.40. The second kappa shape index (κ2) is 6.18. The van der Waals surface area contributed by atoms with Crippen LogP contribution in [0.3, 0.4) is 0 Å². The molecular weight excluding hydrogens is 291 g/mol. The maximum atomic E-state index is 13.1. The standard InChI is InChI=1S/C16H22BrF/c1-3-12-4-7-16(17)14(9-12)10-13-5-6-15(18)8-11(13)2/h5-6,8,12,14,16H,3-4,7,9-10H2,1-2H3. The Kier molecular flexibility index (Phi) is 4.83. The van der Waals surface area contributed by atoms with Crippen LogP contribution in [0.15, 0.2) is 18.2 Å². The average Bonchev–Trinajstić information content (AvgIpc) is 2.35. The highest BCUT2D eigenvalue weighted by molar-refractivity contribution is 9.09. The number of alkyl halides is 1. The van der Waals surface area contributed by atoms with Crippen molar-refractivity contribution in [1.29, 1.82) is 0 Å². The van der Waals surface area contributed by atoms with E-state index in [9.17, 15) is 4.39 Å². The van der Waals surface area contributed by atoms with Crippen molar-refractivity contribution in [3.8, 4) is 0 Å². The first-order chi connectivity index (χ1) is 8.60. The third kappa shape index (κ3) is 3.34. The van der Waals surface area contributed by atoms with E-state index in [0.29, 0.717) is 10.7 Å². The molecule has 0 bridgehead atoms. The molecule has 1 aliphatic carbocycles. The predicted molar refractivity (Wildman–Crippen MR) is 78.7 cm³/mol. The fraction of sp³-hybridized carbons (Fsp3) is 0.625. The van der Waals surface area contributed by atoms with Gasteiger partial charge in [0.2, 0.25) is 0 Å². The Bertz CT molecular complexity index is 402. The Hall–Kier alpha value is -0.370. The SMILES string of the molecule is CCC1CCC(Br)C(Cc2ccc(F)cc2C)C1. The summed E-state index contributed by atoms with van der Waals surface area (Å²) in [6.45, 7) is 4.31. The molecular formula is C16H22BrF. The van der Waals surface area contributed by atoms with E-state index in [-0.39, 0.29) is 5.82 Å². The lowest BCUT2D eigenvalue weighted by molar-refractivity contribution is 0.271. The van der Waals surface area contributed by atoms with Crippen LogP contribution in [-0.2, 0) is 6.42 Å². The lowest BCUT2D eigenvalue weighted by Crippen LogP contribution is -2.26. The quantitative estimate of drug-likeness (QED) is 0.667. The van der Waals surface area contributed by atoms with Crippen molar-refractivity contribution in [1.82, 2.24) is 0 Å². The van der Waals surface area contributed by atoms with Crippen LogP contribution in [0.5, 0.6) is 0 Å². The van der Waals surface area contributed by atoms with Gasteiger partial charge >= 0.3 is 0 Å². The van der Waals surface area contributed by atoms with E-state index in [1.165, 1.54) is 31.2 Å². The molecule has 3 unspecified atom stereocenters. The van der Waals surface area contributed by atoms with E-state index in [4.69, 9.17) is 0 Å². The third-order valence-corrected chi connectivity index (χ3v) is 5.57. The van der Waals surface area contributed by atoms with Crippen molar-refractivity contribution < 1.29 is 4.39 Å². The van der Waals surface area contributed by atoms with Gasteiger partial charge in [0.25, 0.3) is 0 Å². The molecule has 1 saturated carbocycles. The van der Waals surface area contributed by atoms with Gasteiger partial charge in [0.1, 0.15) is 5.82 Å². The number of halogens is 2. The zero-order valence-electron chi connectivity index (χ0n) is 11.3. The minimum Gasteiger partial charge on any atom is -0.207 e. The van der Waals surface area contributed by atoms with E-state index in [0.717, 1.165) is 17.9 Å². The Morgan fingerprint density at radius 3 is 2.78 bits per heavy atom. The molecule has 0 nitrogen and oxygen atoms in total. The molecule has 0 radical (unpaired) electrons. The van der Waals surface area contributed by atoms with Crippen LogP contribution >= 0.6 is 15.9 Å². The average molecular weight is 313 g/mol. The molecule has 3 atom stereocenters. The first kappa shape index (κ1) is 14.0. The molecule has 1 fully saturated rings.